The number of aryl methyl sites for hydroxylation is 1. The van der Waals surface area contributed by atoms with Crippen LogP contribution in [-0.2, 0) is 27.9 Å². The second-order valence-electron chi connectivity index (χ2n) is 6.85. The highest BCUT2D eigenvalue weighted by molar-refractivity contribution is 7.89. The van der Waals surface area contributed by atoms with E-state index in [1.165, 1.54) is 26.4 Å². The van der Waals surface area contributed by atoms with Crippen molar-refractivity contribution in [1.82, 2.24) is 9.55 Å². The predicted molar refractivity (Wildman–Crippen MR) is 115 cm³/mol. The number of nitrogens with two attached hydrogens (primary N) is 1. The van der Waals surface area contributed by atoms with Gasteiger partial charge in [-0.3, -0.25) is 0 Å². The largest absolute Gasteiger partial charge is 0.493 e. The molecule has 1 heterocycles. The zero-order chi connectivity index (χ0) is 22.6. The van der Waals surface area contributed by atoms with Crippen LogP contribution in [0.3, 0.4) is 0 Å². The number of para-hydroxylation sites is 1. The second-order valence-corrected chi connectivity index (χ2v) is 8.41. The Bertz CT molecular complexity index is 1200. The first-order chi connectivity index (χ1) is 14.8. The van der Waals surface area contributed by atoms with Gasteiger partial charge in [-0.1, -0.05) is 19.4 Å². The number of fused-ring (bicyclic) bond motifs is 1. The number of benzene rings is 2. The number of carbonyl (C=O) groups is 1. The molecule has 1 aromatic heterocycles. The Morgan fingerprint density at radius 2 is 1.94 bits per heavy atom. The van der Waals surface area contributed by atoms with Gasteiger partial charge in [-0.15, -0.1) is 0 Å². The first kappa shape index (κ1) is 22.6. The first-order valence-corrected chi connectivity index (χ1v) is 11.2. The minimum atomic E-state index is -3.85. The van der Waals surface area contributed by atoms with Crippen LogP contribution in [0.15, 0.2) is 41.3 Å². The number of carbonyl (C=O) groups excluding carboxylic acids is 1. The van der Waals surface area contributed by atoms with Crippen molar-refractivity contribution in [2.75, 3.05) is 14.2 Å². The summed E-state index contributed by atoms with van der Waals surface area (Å²) in [6, 6.07) is 9.46. The number of hydrogen-bond donors (Lipinski definition) is 1. The van der Waals surface area contributed by atoms with Gasteiger partial charge in [0.25, 0.3) is 0 Å². The smallest absolute Gasteiger partial charge is 0.342 e. The third-order valence-electron chi connectivity index (χ3n) is 4.82. The number of methoxy groups -OCH3 is 2. The third kappa shape index (κ3) is 4.80. The van der Waals surface area contributed by atoms with E-state index in [0.29, 0.717) is 23.6 Å². The van der Waals surface area contributed by atoms with E-state index >= 15 is 0 Å². The lowest BCUT2D eigenvalue weighted by atomic mass is 10.2. The topological polar surface area (TPSA) is 123 Å². The van der Waals surface area contributed by atoms with Crippen molar-refractivity contribution in [3.63, 3.8) is 0 Å². The van der Waals surface area contributed by atoms with E-state index < -0.39 is 16.0 Å². The van der Waals surface area contributed by atoms with Gasteiger partial charge in [0, 0.05) is 6.54 Å². The van der Waals surface area contributed by atoms with Crippen LogP contribution in [0, 0.1) is 0 Å². The van der Waals surface area contributed by atoms with Gasteiger partial charge in [0.1, 0.15) is 18.0 Å². The number of sulfonamides is 1. The minimum absolute atomic E-state index is 0.0233. The molecule has 0 amide bonds. The maximum Gasteiger partial charge on any atom is 0.342 e. The van der Waals surface area contributed by atoms with Gasteiger partial charge >= 0.3 is 5.97 Å². The molecule has 0 aliphatic carbocycles. The van der Waals surface area contributed by atoms with Gasteiger partial charge in [-0.05, 0) is 36.8 Å². The van der Waals surface area contributed by atoms with Gasteiger partial charge in [-0.2, -0.15) is 0 Å². The summed E-state index contributed by atoms with van der Waals surface area (Å²) >= 11 is 0. The molecule has 0 fully saturated rings. The number of ether oxygens (including phenoxy) is 3. The maximum absolute atomic E-state index is 12.7. The molecule has 0 unspecified atom stereocenters. The number of primary sulfonamides is 1. The Balaban J connectivity index is 1.92. The number of esters is 1. The summed E-state index contributed by atoms with van der Waals surface area (Å²) in [5, 5.41) is 5.23. The van der Waals surface area contributed by atoms with Crippen molar-refractivity contribution >= 4 is 27.0 Å². The number of imidazole rings is 1. The van der Waals surface area contributed by atoms with Crippen molar-refractivity contribution in [2.24, 2.45) is 5.14 Å². The fraction of sp³-hybridized carbons (Fsp3) is 0.333. The molecule has 0 radical (unpaired) electrons. The molecule has 0 aliphatic heterocycles. The van der Waals surface area contributed by atoms with E-state index in [1.54, 1.807) is 24.3 Å². The molecule has 0 bridgehead atoms. The Morgan fingerprint density at radius 1 is 1.16 bits per heavy atom. The fourth-order valence-electron chi connectivity index (χ4n) is 3.27. The zero-order valence-electron chi connectivity index (χ0n) is 17.6. The number of aromatic nitrogens is 2. The standard InChI is InChI=1S/C21H25N3O6S/c1-4-5-11-24-17-10-9-14(31(22,26)27)12-16(17)23-19(24)13-30-21(25)15-7-6-8-18(28-2)20(15)29-3/h6-10,12H,4-5,11,13H2,1-3H3,(H2,22,26,27). The average Bonchev–Trinajstić information content (AvgIpc) is 3.11. The molecule has 0 saturated carbocycles. The van der Waals surface area contributed by atoms with Crippen LogP contribution in [0.4, 0.5) is 0 Å². The highest BCUT2D eigenvalue weighted by Gasteiger charge is 2.20. The molecule has 0 saturated heterocycles. The summed E-state index contributed by atoms with van der Waals surface area (Å²) in [5.74, 6) is 0.621. The van der Waals surface area contributed by atoms with Crippen LogP contribution in [0.25, 0.3) is 11.0 Å². The van der Waals surface area contributed by atoms with Crippen LogP contribution in [0.1, 0.15) is 35.9 Å². The van der Waals surface area contributed by atoms with Crippen LogP contribution in [-0.4, -0.2) is 38.2 Å². The molecule has 2 aromatic carbocycles. The van der Waals surface area contributed by atoms with Gasteiger partial charge in [0.2, 0.25) is 10.0 Å². The molecular formula is C21H25N3O6S. The molecule has 2 N–H and O–H groups in total. The first-order valence-electron chi connectivity index (χ1n) is 9.70. The number of hydrogen-bond acceptors (Lipinski definition) is 7. The van der Waals surface area contributed by atoms with E-state index in [1.807, 2.05) is 4.57 Å². The summed E-state index contributed by atoms with van der Waals surface area (Å²) in [5.41, 5.74) is 1.44. The van der Waals surface area contributed by atoms with Crippen LogP contribution < -0.4 is 14.6 Å². The molecular weight excluding hydrogens is 422 g/mol. The highest BCUT2D eigenvalue weighted by atomic mass is 32.2. The summed E-state index contributed by atoms with van der Waals surface area (Å²) in [6.45, 7) is 2.62. The number of unbranched alkanes of at least 4 members (excludes halogenated alkanes) is 1. The lowest BCUT2D eigenvalue weighted by Gasteiger charge is -2.13. The van der Waals surface area contributed by atoms with E-state index in [2.05, 4.69) is 11.9 Å². The normalized spacial score (nSPS) is 11.5. The fourth-order valence-corrected chi connectivity index (χ4v) is 3.80. The SMILES string of the molecule is CCCCn1c(COC(=O)c2cccc(OC)c2OC)nc2cc(S(N)(=O)=O)ccc21. The minimum Gasteiger partial charge on any atom is -0.493 e. The highest BCUT2D eigenvalue weighted by Crippen LogP contribution is 2.31. The molecule has 31 heavy (non-hydrogen) atoms. The predicted octanol–water partition coefficient (Wildman–Crippen LogP) is 2.86. The number of nitrogens with zero attached hydrogens (tertiary/aromatic N) is 2. The number of rotatable bonds is 9. The zero-order valence-corrected chi connectivity index (χ0v) is 18.4. The Hall–Kier alpha value is -3.11. The lowest BCUT2D eigenvalue weighted by molar-refractivity contribution is 0.0454. The van der Waals surface area contributed by atoms with Gasteiger partial charge < -0.3 is 18.8 Å². The molecule has 166 valence electrons. The van der Waals surface area contributed by atoms with Gasteiger partial charge in [0.15, 0.2) is 11.5 Å². The van der Waals surface area contributed by atoms with E-state index in [-0.39, 0.29) is 22.8 Å². The van der Waals surface area contributed by atoms with Crippen LogP contribution in [0.5, 0.6) is 11.5 Å². The molecule has 10 heteroatoms. The van der Waals surface area contributed by atoms with Crippen molar-refractivity contribution < 1.29 is 27.4 Å². The Morgan fingerprint density at radius 3 is 2.58 bits per heavy atom. The van der Waals surface area contributed by atoms with Crippen molar-refractivity contribution in [3.05, 3.63) is 47.8 Å². The summed E-state index contributed by atoms with van der Waals surface area (Å²) in [7, 11) is -0.920. The summed E-state index contributed by atoms with van der Waals surface area (Å²) < 4.78 is 41.3. The maximum atomic E-state index is 12.7. The lowest BCUT2D eigenvalue weighted by Crippen LogP contribution is -2.12. The third-order valence-corrected chi connectivity index (χ3v) is 5.73. The summed E-state index contributed by atoms with van der Waals surface area (Å²) in [6.07, 6.45) is 1.84. The van der Waals surface area contributed by atoms with E-state index in [0.717, 1.165) is 18.4 Å². The van der Waals surface area contributed by atoms with Crippen molar-refractivity contribution in [2.45, 2.75) is 37.8 Å². The van der Waals surface area contributed by atoms with E-state index in [4.69, 9.17) is 19.3 Å². The second kappa shape index (κ2) is 9.36. The monoisotopic (exact) mass is 447 g/mol. The molecule has 0 atom stereocenters. The Kier molecular flexibility index (Phi) is 6.81. The van der Waals surface area contributed by atoms with Crippen LogP contribution in [0.2, 0.25) is 0 Å². The van der Waals surface area contributed by atoms with Crippen molar-refractivity contribution in [1.29, 1.82) is 0 Å². The molecule has 3 aromatic rings. The summed E-state index contributed by atoms with van der Waals surface area (Å²) in [4.78, 5) is 17.2. The average molecular weight is 448 g/mol. The van der Waals surface area contributed by atoms with Crippen molar-refractivity contribution in [3.8, 4) is 11.5 Å². The van der Waals surface area contributed by atoms with E-state index in [9.17, 15) is 13.2 Å². The molecule has 9 nitrogen and oxygen atoms in total. The molecule has 3 rings (SSSR count). The quantitative estimate of drug-likeness (QED) is 0.500. The molecule has 0 aliphatic rings. The Labute approximate surface area is 180 Å². The van der Waals surface area contributed by atoms with Gasteiger partial charge in [0.05, 0.1) is 30.1 Å². The van der Waals surface area contributed by atoms with Crippen LogP contribution >= 0.6 is 0 Å². The molecule has 0 spiro atoms. The van der Waals surface area contributed by atoms with Gasteiger partial charge in [-0.25, -0.2) is 23.3 Å².